The van der Waals surface area contributed by atoms with Crippen LogP contribution < -0.4 is 4.90 Å². The molecule has 2 rings (SSSR count). The number of aliphatic hydroxyl groups excluding tert-OH is 1. The Morgan fingerprint density at radius 2 is 2.27 bits per heavy atom. The van der Waals surface area contributed by atoms with Crippen molar-refractivity contribution in [2.24, 2.45) is 0 Å². The molecule has 0 bridgehead atoms. The van der Waals surface area contributed by atoms with Crippen LogP contribution in [0.25, 0.3) is 0 Å². The lowest BCUT2D eigenvalue weighted by molar-refractivity contribution is -0.122. The number of aliphatic hydroxyl groups is 1. The molecule has 1 heterocycles. The molecular formula is C11H12BrNO2. The van der Waals surface area contributed by atoms with E-state index in [2.05, 4.69) is 15.9 Å². The average Bonchev–Trinajstić information content (AvgIpc) is 2.17. The van der Waals surface area contributed by atoms with Crippen LogP contribution in [0.5, 0.6) is 0 Å². The lowest BCUT2D eigenvalue weighted by atomic mass is 10.1. The maximum absolute atomic E-state index is 11.7. The Morgan fingerprint density at radius 3 is 2.93 bits per heavy atom. The van der Waals surface area contributed by atoms with Crippen LogP contribution in [0.1, 0.15) is 12.8 Å². The average molecular weight is 270 g/mol. The maximum Gasteiger partial charge on any atom is 0.229 e. The van der Waals surface area contributed by atoms with E-state index in [1.807, 2.05) is 24.3 Å². The highest BCUT2D eigenvalue weighted by Crippen LogP contribution is 2.23. The molecule has 1 aromatic carbocycles. The van der Waals surface area contributed by atoms with Crippen LogP contribution in [0, 0.1) is 0 Å². The van der Waals surface area contributed by atoms with Crippen LogP contribution in [-0.2, 0) is 4.79 Å². The third kappa shape index (κ3) is 2.38. The van der Waals surface area contributed by atoms with Crippen molar-refractivity contribution in [2.45, 2.75) is 18.9 Å². The van der Waals surface area contributed by atoms with E-state index in [-0.39, 0.29) is 12.3 Å². The number of rotatable bonds is 1. The first kappa shape index (κ1) is 10.6. The minimum Gasteiger partial charge on any atom is -0.393 e. The molecule has 15 heavy (non-hydrogen) atoms. The van der Waals surface area contributed by atoms with Crippen LogP contribution in [0.2, 0.25) is 0 Å². The van der Waals surface area contributed by atoms with Crippen molar-refractivity contribution < 1.29 is 9.90 Å². The second-order valence-corrected chi connectivity index (χ2v) is 4.59. The molecule has 1 saturated heterocycles. The number of halogens is 1. The summed E-state index contributed by atoms with van der Waals surface area (Å²) < 4.78 is 0.957. The number of piperidine rings is 1. The molecule has 1 fully saturated rings. The zero-order valence-corrected chi connectivity index (χ0v) is 9.77. The monoisotopic (exact) mass is 269 g/mol. The van der Waals surface area contributed by atoms with E-state index >= 15 is 0 Å². The standard InChI is InChI=1S/C11H12BrNO2/c12-8-2-1-3-9(6-8)13-5-4-10(14)7-11(13)15/h1-3,6,10,14H,4-5,7H2. The third-order valence-electron chi connectivity index (χ3n) is 2.52. The van der Waals surface area contributed by atoms with Gasteiger partial charge < -0.3 is 10.0 Å². The molecule has 1 aromatic rings. The molecule has 0 aromatic heterocycles. The first-order chi connectivity index (χ1) is 7.16. The topological polar surface area (TPSA) is 40.5 Å². The molecule has 4 heteroatoms. The van der Waals surface area contributed by atoms with E-state index in [1.165, 1.54) is 0 Å². The number of amides is 1. The van der Waals surface area contributed by atoms with E-state index in [1.54, 1.807) is 4.90 Å². The molecule has 1 aliphatic rings. The van der Waals surface area contributed by atoms with E-state index in [0.717, 1.165) is 10.2 Å². The largest absolute Gasteiger partial charge is 0.393 e. The van der Waals surface area contributed by atoms with Crippen LogP contribution in [0.4, 0.5) is 5.69 Å². The molecule has 80 valence electrons. The van der Waals surface area contributed by atoms with Gasteiger partial charge in [0, 0.05) is 16.7 Å². The maximum atomic E-state index is 11.7. The molecular weight excluding hydrogens is 258 g/mol. The van der Waals surface area contributed by atoms with Gasteiger partial charge in [0.05, 0.1) is 12.5 Å². The fraction of sp³-hybridized carbons (Fsp3) is 0.364. The number of carbonyl (C=O) groups is 1. The van der Waals surface area contributed by atoms with Crippen molar-refractivity contribution in [1.29, 1.82) is 0 Å². The van der Waals surface area contributed by atoms with E-state index in [4.69, 9.17) is 0 Å². The number of carbonyl (C=O) groups excluding carboxylic acids is 1. The van der Waals surface area contributed by atoms with Gasteiger partial charge in [0.2, 0.25) is 5.91 Å². The smallest absolute Gasteiger partial charge is 0.229 e. The highest BCUT2D eigenvalue weighted by atomic mass is 79.9. The zero-order chi connectivity index (χ0) is 10.8. The van der Waals surface area contributed by atoms with E-state index < -0.39 is 6.10 Å². The normalized spacial score (nSPS) is 21.9. The van der Waals surface area contributed by atoms with Gasteiger partial charge in [-0.25, -0.2) is 0 Å². The summed E-state index contributed by atoms with van der Waals surface area (Å²) in [7, 11) is 0. The van der Waals surface area contributed by atoms with Crippen molar-refractivity contribution in [1.82, 2.24) is 0 Å². The quantitative estimate of drug-likeness (QED) is 0.847. The molecule has 0 radical (unpaired) electrons. The molecule has 1 amide bonds. The molecule has 0 saturated carbocycles. The lowest BCUT2D eigenvalue weighted by Gasteiger charge is -2.29. The van der Waals surface area contributed by atoms with Gasteiger partial charge in [-0.1, -0.05) is 22.0 Å². The predicted octanol–water partition coefficient (Wildman–Crippen LogP) is 1.94. The van der Waals surface area contributed by atoms with Gasteiger partial charge in [-0.05, 0) is 24.6 Å². The zero-order valence-electron chi connectivity index (χ0n) is 8.19. The molecule has 0 aliphatic carbocycles. The van der Waals surface area contributed by atoms with Crippen molar-refractivity contribution >= 4 is 27.5 Å². The third-order valence-corrected chi connectivity index (χ3v) is 3.01. The van der Waals surface area contributed by atoms with Crippen LogP contribution in [0.3, 0.4) is 0 Å². The Balaban J connectivity index is 2.20. The van der Waals surface area contributed by atoms with Crippen molar-refractivity contribution in [2.75, 3.05) is 11.4 Å². The summed E-state index contributed by atoms with van der Waals surface area (Å²) in [6.45, 7) is 0.594. The van der Waals surface area contributed by atoms with Crippen LogP contribution in [-0.4, -0.2) is 23.7 Å². The van der Waals surface area contributed by atoms with Gasteiger partial charge in [-0.2, -0.15) is 0 Å². The van der Waals surface area contributed by atoms with E-state index in [9.17, 15) is 9.90 Å². The highest BCUT2D eigenvalue weighted by molar-refractivity contribution is 9.10. The minimum atomic E-state index is -0.471. The van der Waals surface area contributed by atoms with Gasteiger partial charge in [0.25, 0.3) is 0 Å². The fourth-order valence-corrected chi connectivity index (χ4v) is 2.12. The van der Waals surface area contributed by atoms with Crippen molar-refractivity contribution in [3.05, 3.63) is 28.7 Å². The number of hydrogen-bond donors (Lipinski definition) is 1. The Bertz CT molecular complexity index is 381. The Kier molecular flexibility index (Phi) is 3.07. The number of anilines is 1. The van der Waals surface area contributed by atoms with Gasteiger partial charge in [0.15, 0.2) is 0 Å². The number of benzene rings is 1. The lowest BCUT2D eigenvalue weighted by Crippen LogP contribution is -2.40. The summed E-state index contributed by atoms with van der Waals surface area (Å²) in [5, 5.41) is 9.34. The first-order valence-electron chi connectivity index (χ1n) is 4.91. The van der Waals surface area contributed by atoms with E-state index in [0.29, 0.717) is 13.0 Å². The second-order valence-electron chi connectivity index (χ2n) is 3.67. The summed E-state index contributed by atoms with van der Waals surface area (Å²) in [6.07, 6.45) is 0.408. The van der Waals surface area contributed by atoms with Gasteiger partial charge in [-0.3, -0.25) is 4.79 Å². The summed E-state index contributed by atoms with van der Waals surface area (Å²) in [4.78, 5) is 13.4. The summed E-state index contributed by atoms with van der Waals surface area (Å²) in [5.41, 5.74) is 0.890. The first-order valence-corrected chi connectivity index (χ1v) is 5.70. The number of nitrogens with zero attached hydrogens (tertiary/aromatic N) is 1. The molecule has 0 spiro atoms. The molecule has 1 unspecified atom stereocenters. The van der Waals surface area contributed by atoms with Gasteiger partial charge in [-0.15, -0.1) is 0 Å². The highest BCUT2D eigenvalue weighted by Gasteiger charge is 2.25. The minimum absolute atomic E-state index is 0.00755. The number of hydrogen-bond acceptors (Lipinski definition) is 2. The second kappa shape index (κ2) is 4.33. The SMILES string of the molecule is O=C1CC(O)CCN1c1cccc(Br)c1. The van der Waals surface area contributed by atoms with Gasteiger partial charge >= 0.3 is 0 Å². The molecule has 1 aliphatic heterocycles. The summed E-state index contributed by atoms with van der Waals surface area (Å²) in [6, 6.07) is 7.64. The van der Waals surface area contributed by atoms with Crippen LogP contribution >= 0.6 is 15.9 Å². The molecule has 3 nitrogen and oxygen atoms in total. The van der Waals surface area contributed by atoms with Crippen molar-refractivity contribution in [3.8, 4) is 0 Å². The van der Waals surface area contributed by atoms with Crippen molar-refractivity contribution in [3.63, 3.8) is 0 Å². The van der Waals surface area contributed by atoms with Gasteiger partial charge in [0.1, 0.15) is 0 Å². The molecule has 1 atom stereocenters. The predicted molar refractivity (Wildman–Crippen MR) is 61.7 cm³/mol. The summed E-state index contributed by atoms with van der Waals surface area (Å²) in [5.74, 6) is -0.00755. The Labute approximate surface area is 96.8 Å². The Morgan fingerprint density at radius 1 is 1.47 bits per heavy atom. The molecule has 1 N–H and O–H groups in total. The fourth-order valence-electron chi connectivity index (χ4n) is 1.73. The van der Waals surface area contributed by atoms with Crippen LogP contribution in [0.15, 0.2) is 28.7 Å². The Hall–Kier alpha value is -0.870. The summed E-state index contributed by atoms with van der Waals surface area (Å²) >= 11 is 3.37.